The van der Waals surface area contributed by atoms with Crippen molar-refractivity contribution < 1.29 is 33.5 Å². The normalized spacial score (nSPS) is 37.6. The van der Waals surface area contributed by atoms with E-state index in [2.05, 4.69) is 4.52 Å². The fraction of sp³-hybridized carbons (Fsp3) is 0.750. The number of aliphatic hydroxyl groups is 1. The summed E-state index contributed by atoms with van der Waals surface area (Å²) < 4.78 is 20.6. The van der Waals surface area contributed by atoms with Crippen molar-refractivity contribution in [2.45, 2.75) is 43.4 Å². The molecule has 0 aromatic rings. The van der Waals surface area contributed by atoms with Gasteiger partial charge in [0.2, 0.25) is 0 Å². The Labute approximate surface area is 132 Å². The van der Waals surface area contributed by atoms with Gasteiger partial charge in [-0.05, 0) is 18.9 Å². The molecule has 0 aliphatic carbocycles. The number of aliphatic hydroxyl groups excluding tert-OH is 1. The van der Waals surface area contributed by atoms with Crippen molar-refractivity contribution >= 4 is 13.9 Å². The molecule has 0 spiro atoms. The van der Waals surface area contributed by atoms with Crippen LogP contribution in [0.4, 0.5) is 4.79 Å². The first-order valence-electron chi connectivity index (χ1n) is 7.31. The van der Waals surface area contributed by atoms with Crippen molar-refractivity contribution in [1.29, 1.82) is 0 Å². The summed E-state index contributed by atoms with van der Waals surface area (Å²) in [5.74, 6) is 0. The van der Waals surface area contributed by atoms with Gasteiger partial charge in [0, 0.05) is 19.2 Å². The van der Waals surface area contributed by atoms with Gasteiger partial charge in [-0.1, -0.05) is 0 Å². The molecule has 11 heteroatoms. The number of carbonyl (C=O) groups is 1. The minimum atomic E-state index is -4.64. The number of hydrogen-bond donors (Lipinski definition) is 4. The van der Waals surface area contributed by atoms with Crippen LogP contribution in [-0.2, 0) is 13.8 Å². The third-order valence-corrected chi connectivity index (χ3v) is 4.84. The zero-order valence-electron chi connectivity index (χ0n) is 12.3. The summed E-state index contributed by atoms with van der Waals surface area (Å²) in [6.45, 7) is 0.0917. The van der Waals surface area contributed by atoms with Crippen LogP contribution in [0.1, 0.15) is 19.3 Å². The molecule has 0 aromatic heterocycles. The van der Waals surface area contributed by atoms with Crippen LogP contribution in [0.3, 0.4) is 0 Å². The number of urea groups is 1. The van der Waals surface area contributed by atoms with Gasteiger partial charge in [-0.15, -0.1) is 0 Å². The molecule has 2 saturated heterocycles. The van der Waals surface area contributed by atoms with Crippen LogP contribution in [-0.4, -0.2) is 68.0 Å². The van der Waals surface area contributed by atoms with Gasteiger partial charge in [-0.3, -0.25) is 9.42 Å². The van der Waals surface area contributed by atoms with E-state index in [1.165, 1.54) is 4.90 Å². The summed E-state index contributed by atoms with van der Waals surface area (Å²) in [6, 6.07) is -0.304. The molecule has 4 atom stereocenters. The number of carbonyl (C=O) groups excluding carboxylic acids is 1. The third kappa shape index (κ3) is 3.29. The van der Waals surface area contributed by atoms with Gasteiger partial charge in [-0.2, -0.15) is 0 Å². The smallest absolute Gasteiger partial charge is 0.390 e. The first kappa shape index (κ1) is 16.8. The van der Waals surface area contributed by atoms with Crippen LogP contribution in [0.25, 0.3) is 0 Å². The van der Waals surface area contributed by atoms with Gasteiger partial charge in [-0.25, -0.2) is 9.36 Å². The van der Waals surface area contributed by atoms with E-state index in [1.807, 2.05) is 0 Å². The van der Waals surface area contributed by atoms with Gasteiger partial charge in [0.25, 0.3) is 0 Å². The molecular weight excluding hydrogens is 329 g/mol. The second kappa shape index (κ2) is 5.82. The van der Waals surface area contributed by atoms with Gasteiger partial charge < -0.3 is 30.3 Å². The predicted octanol–water partition coefficient (Wildman–Crippen LogP) is -0.728. The van der Waals surface area contributed by atoms with Crippen LogP contribution in [0.15, 0.2) is 12.3 Å². The summed E-state index contributed by atoms with van der Waals surface area (Å²) in [7, 11) is -4.64. The van der Waals surface area contributed by atoms with Crippen molar-refractivity contribution in [1.82, 2.24) is 9.80 Å². The van der Waals surface area contributed by atoms with Crippen LogP contribution in [0.2, 0.25) is 0 Å². The molecule has 0 radical (unpaired) electrons. The molecule has 3 rings (SSSR count). The minimum absolute atomic E-state index is 0.122. The van der Waals surface area contributed by atoms with Crippen molar-refractivity contribution in [3.05, 3.63) is 12.3 Å². The Morgan fingerprint density at radius 2 is 2.26 bits per heavy atom. The maximum atomic E-state index is 12.5. The van der Waals surface area contributed by atoms with Crippen LogP contribution < -0.4 is 5.73 Å². The van der Waals surface area contributed by atoms with Gasteiger partial charge >= 0.3 is 13.9 Å². The van der Waals surface area contributed by atoms with E-state index < -0.39 is 38.5 Å². The number of rotatable bonds is 4. The fourth-order valence-corrected chi connectivity index (χ4v) is 3.49. The lowest BCUT2D eigenvalue weighted by atomic mass is 10.1. The molecule has 5 N–H and O–H groups in total. The number of nitrogens with zero attached hydrogens (tertiary/aromatic N) is 2. The summed E-state index contributed by atoms with van der Waals surface area (Å²) in [6.07, 6.45) is 2.27. The van der Waals surface area contributed by atoms with Crippen molar-refractivity contribution in [2.75, 3.05) is 13.2 Å². The lowest BCUT2D eigenvalue weighted by molar-refractivity contribution is -0.0585. The molecule has 130 valence electrons. The zero-order valence-corrected chi connectivity index (χ0v) is 13.2. The van der Waals surface area contributed by atoms with E-state index in [-0.39, 0.29) is 12.5 Å². The Hall–Kier alpha value is -1.00. The average molecular weight is 349 g/mol. The molecule has 23 heavy (non-hydrogen) atoms. The lowest BCUT2D eigenvalue weighted by Gasteiger charge is -2.41. The second-order valence-electron chi connectivity index (χ2n) is 5.97. The topological polar surface area (TPSA) is 146 Å². The maximum absolute atomic E-state index is 12.5. The third-order valence-electron chi connectivity index (χ3n) is 4.36. The number of phosphoric acid groups is 1. The SMILES string of the molecule is NC12C=CN([C@H]3C[C@H](O)[C@@H](COP(=O)(O)O)O3)C(=O)N1CCC2. The summed E-state index contributed by atoms with van der Waals surface area (Å²) in [5, 5.41) is 9.95. The number of phosphoric ester groups is 1. The molecule has 0 aromatic carbocycles. The van der Waals surface area contributed by atoms with Crippen LogP contribution in [0, 0.1) is 0 Å². The molecule has 1 unspecified atom stereocenters. The zero-order chi connectivity index (χ0) is 16.8. The van der Waals surface area contributed by atoms with E-state index in [9.17, 15) is 14.5 Å². The molecule has 2 fully saturated rings. The highest BCUT2D eigenvalue weighted by Gasteiger charge is 2.47. The largest absolute Gasteiger partial charge is 0.469 e. The highest BCUT2D eigenvalue weighted by molar-refractivity contribution is 7.46. The Kier molecular flexibility index (Phi) is 4.26. The van der Waals surface area contributed by atoms with E-state index >= 15 is 0 Å². The van der Waals surface area contributed by atoms with Crippen LogP contribution in [0.5, 0.6) is 0 Å². The quantitative estimate of drug-likeness (QED) is 0.486. The minimum Gasteiger partial charge on any atom is -0.390 e. The molecule has 10 nitrogen and oxygen atoms in total. The molecule has 3 aliphatic heterocycles. The number of amides is 2. The fourth-order valence-electron chi connectivity index (χ4n) is 3.15. The maximum Gasteiger partial charge on any atom is 0.469 e. The van der Waals surface area contributed by atoms with Crippen LogP contribution >= 0.6 is 7.82 Å². The molecule has 0 saturated carbocycles. The monoisotopic (exact) mass is 349 g/mol. The summed E-state index contributed by atoms with van der Waals surface area (Å²) in [4.78, 5) is 32.9. The van der Waals surface area contributed by atoms with E-state index in [4.69, 9.17) is 20.3 Å². The molecule has 2 amide bonds. The Morgan fingerprint density at radius 3 is 2.96 bits per heavy atom. The van der Waals surface area contributed by atoms with Gasteiger partial charge in [0.1, 0.15) is 18.0 Å². The standard InChI is InChI=1S/C12H20N3O7P/c13-12-2-1-4-15(12)11(17)14(5-3-12)10-6-8(16)9(22-10)7-21-23(18,19)20/h3,5,8-10,16H,1-2,4,6-7,13H2,(H2,18,19,20)/t8-,9+,10+,12?/m0/s1. The first-order valence-corrected chi connectivity index (χ1v) is 8.84. The number of hydrogen-bond acceptors (Lipinski definition) is 6. The first-order chi connectivity index (χ1) is 10.7. The highest BCUT2D eigenvalue weighted by Crippen LogP contribution is 2.38. The predicted molar refractivity (Wildman–Crippen MR) is 76.5 cm³/mol. The molecule has 3 aliphatic rings. The number of ether oxygens (including phenoxy) is 1. The Bertz CT molecular complexity index is 567. The summed E-state index contributed by atoms with van der Waals surface area (Å²) in [5.41, 5.74) is 5.39. The average Bonchev–Trinajstić information content (AvgIpc) is 3.00. The van der Waals surface area contributed by atoms with Crippen molar-refractivity contribution in [2.24, 2.45) is 5.73 Å². The van der Waals surface area contributed by atoms with Gasteiger partial charge in [0.15, 0.2) is 0 Å². The Morgan fingerprint density at radius 1 is 1.52 bits per heavy atom. The number of fused-ring (bicyclic) bond motifs is 1. The summed E-state index contributed by atoms with van der Waals surface area (Å²) >= 11 is 0. The van der Waals surface area contributed by atoms with E-state index in [1.54, 1.807) is 17.2 Å². The van der Waals surface area contributed by atoms with Gasteiger partial charge in [0.05, 0.1) is 12.7 Å². The van der Waals surface area contributed by atoms with E-state index in [0.29, 0.717) is 13.0 Å². The Balaban J connectivity index is 1.67. The van der Waals surface area contributed by atoms with Crippen molar-refractivity contribution in [3.63, 3.8) is 0 Å². The number of nitrogens with two attached hydrogens (primary N) is 1. The van der Waals surface area contributed by atoms with Crippen molar-refractivity contribution in [3.8, 4) is 0 Å². The molecular formula is C12H20N3O7P. The lowest BCUT2D eigenvalue weighted by Crippen LogP contribution is -2.60. The van der Waals surface area contributed by atoms with E-state index in [0.717, 1.165) is 6.42 Å². The highest BCUT2D eigenvalue weighted by atomic mass is 31.2. The second-order valence-corrected chi connectivity index (χ2v) is 7.21. The molecule has 3 heterocycles. The molecule has 0 bridgehead atoms.